The first-order valence-electron chi connectivity index (χ1n) is 12.4. The summed E-state index contributed by atoms with van der Waals surface area (Å²) in [7, 11) is 0. The maximum Gasteiger partial charge on any atom is 0.303 e. The van der Waals surface area contributed by atoms with Gasteiger partial charge in [-0.1, -0.05) is 62.8 Å². The van der Waals surface area contributed by atoms with E-state index in [9.17, 15) is 15.0 Å². The molecule has 3 aliphatic carbocycles. The van der Waals surface area contributed by atoms with E-state index in [2.05, 4.69) is 19.1 Å². The summed E-state index contributed by atoms with van der Waals surface area (Å²) in [6.45, 7) is 2.23. The Hall–Kier alpha value is -1.13. The monoisotopic (exact) mass is 418 g/mol. The Morgan fingerprint density at radius 1 is 1.20 bits per heavy atom. The van der Waals surface area contributed by atoms with Crippen LogP contribution in [0.3, 0.4) is 0 Å². The van der Waals surface area contributed by atoms with Crippen molar-refractivity contribution in [1.82, 2.24) is 0 Å². The molecule has 0 bridgehead atoms. The lowest BCUT2D eigenvalue weighted by atomic mass is 9.62. The molecule has 0 heterocycles. The molecule has 5 atom stereocenters. The molecule has 4 heteroatoms. The molecule has 0 aliphatic heterocycles. The van der Waals surface area contributed by atoms with Crippen LogP contribution in [0, 0.1) is 23.2 Å². The fourth-order valence-electron chi connectivity index (χ4n) is 6.17. The number of allylic oxidation sites excluding steroid dienone is 2. The Morgan fingerprint density at radius 3 is 2.67 bits per heavy atom. The fourth-order valence-corrected chi connectivity index (χ4v) is 6.17. The molecule has 3 aliphatic rings. The Balaban J connectivity index is 1.53. The quantitative estimate of drug-likeness (QED) is 0.283. The van der Waals surface area contributed by atoms with Gasteiger partial charge in [-0.15, -0.1) is 0 Å². The van der Waals surface area contributed by atoms with Crippen LogP contribution in [0.2, 0.25) is 0 Å². The highest BCUT2D eigenvalue weighted by Crippen LogP contribution is 2.52. The normalized spacial score (nSPS) is 32.4. The van der Waals surface area contributed by atoms with Gasteiger partial charge in [-0.2, -0.15) is 0 Å². The van der Waals surface area contributed by atoms with Crippen molar-refractivity contribution >= 4 is 5.97 Å². The summed E-state index contributed by atoms with van der Waals surface area (Å²) >= 11 is 0. The van der Waals surface area contributed by atoms with E-state index in [-0.39, 0.29) is 30.0 Å². The summed E-state index contributed by atoms with van der Waals surface area (Å²) in [6.07, 6.45) is 20.0. The maximum absolute atomic E-state index is 11.0. The molecule has 0 unspecified atom stereocenters. The molecule has 0 spiro atoms. The van der Waals surface area contributed by atoms with Crippen molar-refractivity contribution in [3.05, 3.63) is 23.8 Å². The van der Waals surface area contributed by atoms with Gasteiger partial charge in [0.2, 0.25) is 0 Å². The Kier molecular flexibility index (Phi) is 8.59. The lowest BCUT2D eigenvalue weighted by molar-refractivity contribution is -0.137. The second-order valence-corrected chi connectivity index (χ2v) is 10.2. The van der Waals surface area contributed by atoms with Crippen LogP contribution in [0.5, 0.6) is 0 Å². The molecule has 0 saturated heterocycles. The highest BCUT2D eigenvalue weighted by atomic mass is 16.4. The molecular weight excluding hydrogens is 376 g/mol. The number of carboxylic acids is 1. The van der Waals surface area contributed by atoms with E-state index in [4.69, 9.17) is 5.11 Å². The van der Waals surface area contributed by atoms with Gasteiger partial charge in [-0.3, -0.25) is 4.79 Å². The van der Waals surface area contributed by atoms with Crippen LogP contribution in [0.15, 0.2) is 23.8 Å². The number of rotatable bonds is 12. The molecule has 3 N–H and O–H groups in total. The van der Waals surface area contributed by atoms with Gasteiger partial charge in [0.15, 0.2) is 0 Å². The second kappa shape index (κ2) is 10.9. The number of unbranched alkanes of at least 4 members (excludes halogenated alkanes) is 4. The van der Waals surface area contributed by atoms with E-state index in [1.165, 1.54) is 37.7 Å². The molecule has 0 radical (unpaired) electrons. The van der Waals surface area contributed by atoms with Crippen molar-refractivity contribution in [3.63, 3.8) is 0 Å². The number of aliphatic hydroxyl groups is 2. The Bertz CT molecular complexity index is 619. The smallest absolute Gasteiger partial charge is 0.303 e. The third kappa shape index (κ3) is 5.76. The summed E-state index contributed by atoms with van der Waals surface area (Å²) in [5.74, 6) is 0.422. The second-order valence-electron chi connectivity index (χ2n) is 10.2. The van der Waals surface area contributed by atoms with E-state index < -0.39 is 5.97 Å². The highest BCUT2D eigenvalue weighted by molar-refractivity contribution is 5.66. The van der Waals surface area contributed by atoms with Crippen LogP contribution < -0.4 is 0 Å². The standard InChI is InChI=1S/C26H42O4/c1-2-3-4-7-13-26(14-8-15-26)24(28)12-11-21-22-17-19(9-5-6-10-25(29)30)16-20(22)18-23(21)27/h9,11-12,20-24,27-28H,2-8,10,13-18H2,1H3,(H,29,30)/b12-11+,19-9+/t20-,21-,22+,23-,24+/m1/s1. The van der Waals surface area contributed by atoms with E-state index in [0.29, 0.717) is 18.3 Å². The number of aliphatic hydroxyl groups excluding tert-OH is 2. The minimum atomic E-state index is -0.724. The third-order valence-corrected chi connectivity index (χ3v) is 8.16. The predicted molar refractivity (Wildman–Crippen MR) is 120 cm³/mol. The van der Waals surface area contributed by atoms with Crippen molar-refractivity contribution < 1.29 is 20.1 Å². The summed E-state index contributed by atoms with van der Waals surface area (Å²) in [5, 5.41) is 30.4. The summed E-state index contributed by atoms with van der Waals surface area (Å²) < 4.78 is 0. The Morgan fingerprint density at radius 2 is 2.00 bits per heavy atom. The number of carbonyl (C=O) groups is 1. The lowest BCUT2D eigenvalue weighted by Crippen LogP contribution is -2.40. The van der Waals surface area contributed by atoms with Gasteiger partial charge in [0.05, 0.1) is 12.2 Å². The number of hydrogen-bond donors (Lipinski definition) is 3. The molecular formula is C26H42O4. The van der Waals surface area contributed by atoms with E-state index in [1.54, 1.807) is 0 Å². The number of carboxylic acid groups (broad SMARTS) is 1. The van der Waals surface area contributed by atoms with E-state index in [0.717, 1.165) is 44.9 Å². The number of aliphatic carboxylic acids is 1. The highest BCUT2D eigenvalue weighted by Gasteiger charge is 2.46. The average molecular weight is 419 g/mol. The minimum Gasteiger partial charge on any atom is -0.481 e. The molecule has 4 nitrogen and oxygen atoms in total. The zero-order valence-corrected chi connectivity index (χ0v) is 18.8. The predicted octanol–water partition coefficient (Wildman–Crippen LogP) is 5.63. The zero-order chi connectivity index (χ0) is 21.6. The van der Waals surface area contributed by atoms with Crippen LogP contribution in [0.4, 0.5) is 0 Å². The molecule has 0 aromatic heterocycles. The van der Waals surface area contributed by atoms with E-state index in [1.807, 2.05) is 6.08 Å². The van der Waals surface area contributed by atoms with Gasteiger partial charge in [-0.05, 0) is 68.6 Å². The SMILES string of the molecule is CCCCCCC1([C@@H](O)/C=C/[C@@H]2[C@H]3C/C(=C/CCCC(=O)O)C[C@@H]3C[C@H]2O)CCC1. The summed E-state index contributed by atoms with van der Waals surface area (Å²) in [6, 6.07) is 0. The van der Waals surface area contributed by atoms with Crippen molar-refractivity contribution in [2.75, 3.05) is 0 Å². The topological polar surface area (TPSA) is 77.8 Å². The van der Waals surface area contributed by atoms with Crippen molar-refractivity contribution in [1.29, 1.82) is 0 Å². The largest absolute Gasteiger partial charge is 0.481 e. The molecule has 0 aromatic rings. The lowest BCUT2D eigenvalue weighted by Gasteiger charge is -2.45. The maximum atomic E-state index is 11.0. The van der Waals surface area contributed by atoms with Gasteiger partial charge < -0.3 is 15.3 Å². The van der Waals surface area contributed by atoms with Crippen LogP contribution in [0.1, 0.15) is 96.8 Å². The van der Waals surface area contributed by atoms with Crippen molar-refractivity contribution in [2.24, 2.45) is 23.2 Å². The molecule has 170 valence electrons. The molecule has 30 heavy (non-hydrogen) atoms. The first kappa shape index (κ1) is 23.5. The average Bonchev–Trinajstić information content (AvgIpc) is 3.18. The molecule has 3 saturated carbocycles. The van der Waals surface area contributed by atoms with Gasteiger partial charge in [0, 0.05) is 12.3 Å². The first-order chi connectivity index (χ1) is 14.4. The van der Waals surface area contributed by atoms with Crippen LogP contribution in [0.25, 0.3) is 0 Å². The van der Waals surface area contributed by atoms with Gasteiger partial charge in [0.25, 0.3) is 0 Å². The van der Waals surface area contributed by atoms with Gasteiger partial charge in [-0.25, -0.2) is 0 Å². The number of fused-ring (bicyclic) bond motifs is 1. The van der Waals surface area contributed by atoms with Gasteiger partial charge in [0.1, 0.15) is 0 Å². The number of hydrogen-bond acceptors (Lipinski definition) is 3. The molecule has 3 rings (SSSR count). The summed E-state index contributed by atoms with van der Waals surface area (Å²) in [5.41, 5.74) is 1.52. The molecule has 3 fully saturated rings. The van der Waals surface area contributed by atoms with Gasteiger partial charge >= 0.3 is 5.97 Å². The zero-order valence-electron chi connectivity index (χ0n) is 18.8. The summed E-state index contributed by atoms with van der Waals surface area (Å²) in [4.78, 5) is 10.7. The first-order valence-corrected chi connectivity index (χ1v) is 12.4. The van der Waals surface area contributed by atoms with Crippen LogP contribution in [-0.4, -0.2) is 33.5 Å². The van der Waals surface area contributed by atoms with Crippen molar-refractivity contribution in [3.8, 4) is 0 Å². The third-order valence-electron chi connectivity index (χ3n) is 8.16. The Labute approximate surface area is 182 Å². The fraction of sp³-hybridized carbons (Fsp3) is 0.808. The minimum absolute atomic E-state index is 0.0814. The van der Waals surface area contributed by atoms with Crippen LogP contribution >= 0.6 is 0 Å². The van der Waals surface area contributed by atoms with Crippen molar-refractivity contribution in [2.45, 2.75) is 109 Å². The van der Waals surface area contributed by atoms with E-state index >= 15 is 0 Å². The van der Waals surface area contributed by atoms with Crippen LogP contribution in [-0.2, 0) is 4.79 Å². The molecule has 0 aromatic carbocycles. The molecule has 0 amide bonds.